The second-order valence-corrected chi connectivity index (χ2v) is 5.93. The molecule has 0 aromatic rings. The molecule has 4 nitrogen and oxygen atoms in total. The number of fused-ring (bicyclic) bond motifs is 2. The van der Waals surface area contributed by atoms with Gasteiger partial charge in [0.2, 0.25) is 5.91 Å². The van der Waals surface area contributed by atoms with Crippen molar-refractivity contribution in [3.05, 3.63) is 0 Å². The van der Waals surface area contributed by atoms with Gasteiger partial charge in [-0.25, -0.2) is 8.42 Å². The third-order valence-corrected chi connectivity index (χ3v) is 5.34. The van der Waals surface area contributed by atoms with Gasteiger partial charge >= 0.3 is 0 Å². The molecule has 2 aliphatic rings. The molecule has 68 valence electrons. The molecule has 5 heteroatoms. The van der Waals surface area contributed by atoms with Crippen molar-refractivity contribution in [3.8, 4) is 0 Å². The molecule has 1 N–H and O–H groups in total. The third kappa shape index (κ3) is 1.03. The molecule has 12 heavy (non-hydrogen) atoms. The van der Waals surface area contributed by atoms with Crippen LogP contribution in [0.5, 0.6) is 0 Å². The van der Waals surface area contributed by atoms with Gasteiger partial charge < -0.3 is 5.32 Å². The Morgan fingerprint density at radius 2 is 1.92 bits per heavy atom. The van der Waals surface area contributed by atoms with E-state index in [4.69, 9.17) is 0 Å². The highest BCUT2D eigenvalue weighted by molar-refractivity contribution is 7.93. The fourth-order valence-corrected chi connectivity index (χ4v) is 4.09. The van der Waals surface area contributed by atoms with Gasteiger partial charge in [-0.3, -0.25) is 4.79 Å². The van der Waals surface area contributed by atoms with Crippen molar-refractivity contribution < 1.29 is 13.2 Å². The quantitative estimate of drug-likeness (QED) is 0.556. The lowest BCUT2D eigenvalue weighted by Crippen LogP contribution is -2.30. The summed E-state index contributed by atoms with van der Waals surface area (Å²) in [4.78, 5) is 11.0. The van der Waals surface area contributed by atoms with Gasteiger partial charge in [0.15, 0.2) is 9.84 Å². The maximum Gasteiger partial charge on any atom is 0.221 e. The first kappa shape index (κ1) is 8.04. The van der Waals surface area contributed by atoms with Crippen LogP contribution in [0.1, 0.15) is 19.3 Å². The van der Waals surface area contributed by atoms with Crippen LogP contribution in [0.3, 0.4) is 0 Å². The topological polar surface area (TPSA) is 63.2 Å². The van der Waals surface area contributed by atoms with Crippen LogP contribution in [-0.2, 0) is 14.6 Å². The normalized spacial score (nSPS) is 38.8. The Kier molecular flexibility index (Phi) is 1.64. The van der Waals surface area contributed by atoms with Crippen molar-refractivity contribution in [2.24, 2.45) is 0 Å². The van der Waals surface area contributed by atoms with Crippen LogP contribution >= 0.6 is 0 Å². The zero-order valence-corrected chi connectivity index (χ0v) is 7.43. The van der Waals surface area contributed by atoms with Gasteiger partial charge in [-0.2, -0.15) is 0 Å². The summed E-state index contributed by atoms with van der Waals surface area (Å²) in [5.41, 5.74) is 0. The highest BCUT2D eigenvalue weighted by Gasteiger charge is 2.43. The van der Waals surface area contributed by atoms with Crippen molar-refractivity contribution in [2.45, 2.75) is 29.8 Å². The molecule has 0 spiro atoms. The number of hydrogen-bond donors (Lipinski definition) is 1. The number of carbonyl (C=O) groups is 1. The molecule has 1 amide bonds. The summed E-state index contributed by atoms with van der Waals surface area (Å²) in [6.45, 7) is 0.317. The number of nitrogens with one attached hydrogen (secondary N) is 1. The molecule has 0 unspecified atom stereocenters. The highest BCUT2D eigenvalue weighted by Crippen LogP contribution is 2.30. The summed E-state index contributed by atoms with van der Waals surface area (Å²) in [6.07, 6.45) is 1.55. The molecule has 2 aliphatic heterocycles. The summed E-state index contributed by atoms with van der Waals surface area (Å²) >= 11 is 0. The Balaban J connectivity index is 2.36. The van der Waals surface area contributed by atoms with Gasteiger partial charge in [-0.15, -0.1) is 0 Å². The second kappa shape index (κ2) is 2.45. The van der Waals surface area contributed by atoms with E-state index in [1.807, 2.05) is 0 Å². The van der Waals surface area contributed by atoms with Crippen molar-refractivity contribution in [1.82, 2.24) is 5.32 Å². The predicted octanol–water partition coefficient (Wildman–Crippen LogP) is -0.548. The zero-order valence-electron chi connectivity index (χ0n) is 6.62. The minimum absolute atomic E-state index is 0.120. The van der Waals surface area contributed by atoms with Gasteiger partial charge in [0.05, 0.1) is 10.5 Å². The Labute approximate surface area is 71.3 Å². The first-order valence-corrected chi connectivity index (χ1v) is 5.71. The predicted molar refractivity (Wildman–Crippen MR) is 43.4 cm³/mol. The summed E-state index contributed by atoms with van der Waals surface area (Å²) in [5.74, 6) is -0.120. The number of carbonyl (C=O) groups excluding carboxylic acids is 1. The Morgan fingerprint density at radius 1 is 1.25 bits per heavy atom. The van der Waals surface area contributed by atoms with Gasteiger partial charge in [0.1, 0.15) is 0 Å². The molecule has 2 fully saturated rings. The largest absolute Gasteiger partial charge is 0.355 e. The van der Waals surface area contributed by atoms with Gasteiger partial charge in [-0.1, -0.05) is 0 Å². The summed E-state index contributed by atoms with van der Waals surface area (Å²) < 4.78 is 23.1. The SMILES string of the molecule is O=C1C[C@H]2CC[C@@H](CN1)S2(=O)=O. The molecule has 0 aromatic carbocycles. The van der Waals surface area contributed by atoms with E-state index in [1.165, 1.54) is 0 Å². The smallest absolute Gasteiger partial charge is 0.221 e. The summed E-state index contributed by atoms with van der Waals surface area (Å²) in [6, 6.07) is 0. The lowest BCUT2D eigenvalue weighted by atomic mass is 10.1. The van der Waals surface area contributed by atoms with Gasteiger partial charge in [0.25, 0.3) is 0 Å². The molecule has 2 atom stereocenters. The monoisotopic (exact) mass is 189 g/mol. The minimum atomic E-state index is -2.98. The molecule has 0 saturated carbocycles. The van der Waals surface area contributed by atoms with Crippen LogP contribution in [-0.4, -0.2) is 31.4 Å². The van der Waals surface area contributed by atoms with Crippen molar-refractivity contribution in [3.63, 3.8) is 0 Å². The van der Waals surface area contributed by atoms with Crippen molar-refractivity contribution in [2.75, 3.05) is 6.54 Å². The van der Waals surface area contributed by atoms with Crippen LogP contribution in [0.4, 0.5) is 0 Å². The molecule has 2 saturated heterocycles. The number of hydrogen-bond acceptors (Lipinski definition) is 3. The van der Waals surface area contributed by atoms with E-state index < -0.39 is 15.1 Å². The zero-order chi connectivity index (χ0) is 8.77. The molecule has 0 aliphatic carbocycles. The average molecular weight is 189 g/mol. The molecule has 2 heterocycles. The van der Waals surface area contributed by atoms with E-state index in [0.717, 1.165) is 0 Å². The van der Waals surface area contributed by atoms with Crippen LogP contribution in [0.2, 0.25) is 0 Å². The van der Waals surface area contributed by atoms with Crippen molar-refractivity contribution in [1.29, 1.82) is 0 Å². The van der Waals surface area contributed by atoms with Crippen LogP contribution in [0.15, 0.2) is 0 Å². The van der Waals surface area contributed by atoms with Crippen LogP contribution in [0, 0.1) is 0 Å². The standard InChI is InChI=1S/C7H11NO3S/c9-7-3-5-1-2-6(4-8-7)12(5,10)11/h5-6H,1-4H2,(H,8,9)/t5-,6+/m1/s1. The van der Waals surface area contributed by atoms with E-state index in [1.54, 1.807) is 0 Å². The van der Waals surface area contributed by atoms with Crippen LogP contribution < -0.4 is 5.32 Å². The van der Waals surface area contributed by atoms with Crippen LogP contribution in [0.25, 0.3) is 0 Å². The lowest BCUT2D eigenvalue weighted by Gasteiger charge is -2.06. The molecule has 0 aromatic heterocycles. The van der Waals surface area contributed by atoms with E-state index in [0.29, 0.717) is 19.4 Å². The van der Waals surface area contributed by atoms with Gasteiger partial charge in [-0.05, 0) is 12.8 Å². The maximum atomic E-state index is 11.5. The maximum absolute atomic E-state index is 11.5. The summed E-state index contributed by atoms with van der Waals surface area (Å²) in [7, 11) is -2.98. The number of sulfone groups is 1. The van der Waals surface area contributed by atoms with E-state index >= 15 is 0 Å². The first-order valence-electron chi connectivity index (χ1n) is 4.10. The first-order chi connectivity index (χ1) is 5.60. The van der Waals surface area contributed by atoms with E-state index in [2.05, 4.69) is 5.32 Å². The number of amides is 1. The fourth-order valence-electron chi connectivity index (χ4n) is 1.92. The Bertz CT molecular complexity index is 309. The highest BCUT2D eigenvalue weighted by atomic mass is 32.2. The lowest BCUT2D eigenvalue weighted by molar-refractivity contribution is -0.121. The van der Waals surface area contributed by atoms with E-state index in [9.17, 15) is 13.2 Å². The summed E-state index contributed by atoms with van der Waals surface area (Å²) in [5, 5.41) is 1.90. The second-order valence-electron chi connectivity index (χ2n) is 3.42. The number of rotatable bonds is 0. The third-order valence-electron chi connectivity index (χ3n) is 2.68. The molecule has 0 radical (unpaired) electrons. The fraction of sp³-hybridized carbons (Fsp3) is 0.857. The molecular weight excluding hydrogens is 178 g/mol. The molecule has 2 bridgehead atoms. The van der Waals surface area contributed by atoms with E-state index in [-0.39, 0.29) is 17.6 Å². The van der Waals surface area contributed by atoms with Crippen molar-refractivity contribution >= 4 is 15.7 Å². The minimum Gasteiger partial charge on any atom is -0.355 e. The average Bonchev–Trinajstić information content (AvgIpc) is 2.15. The van der Waals surface area contributed by atoms with Gasteiger partial charge in [0, 0.05) is 13.0 Å². The molecule has 2 rings (SSSR count). The Hall–Kier alpha value is -0.580. The Morgan fingerprint density at radius 3 is 2.67 bits per heavy atom. The molecular formula is C7H11NO3S.